The van der Waals surface area contributed by atoms with Crippen molar-refractivity contribution in [2.45, 2.75) is 19.8 Å². The summed E-state index contributed by atoms with van der Waals surface area (Å²) in [6.45, 7) is 1.92. The number of fused-ring (bicyclic) bond motifs is 3. The fourth-order valence-corrected chi connectivity index (χ4v) is 3.47. The second kappa shape index (κ2) is 6.88. The monoisotopic (exact) mass is 381 g/mol. The summed E-state index contributed by atoms with van der Waals surface area (Å²) in [5.41, 5.74) is 3.53. The zero-order valence-electron chi connectivity index (χ0n) is 15.0. The maximum atomic E-state index is 13.4. The highest BCUT2D eigenvalue weighted by Gasteiger charge is 2.30. The Bertz CT molecular complexity index is 1090. The van der Waals surface area contributed by atoms with E-state index in [1.165, 1.54) is 28.9 Å². The third kappa shape index (κ3) is 2.92. The van der Waals surface area contributed by atoms with E-state index in [1.807, 2.05) is 0 Å². The fourth-order valence-electron chi connectivity index (χ4n) is 3.47. The predicted octanol–water partition coefficient (Wildman–Crippen LogP) is 3.86. The van der Waals surface area contributed by atoms with Crippen LogP contribution < -0.4 is 0 Å². The number of aromatic nitrogens is 2. The lowest BCUT2D eigenvalue weighted by Crippen LogP contribution is -2.11. The molecule has 0 saturated heterocycles. The molecule has 0 spiro atoms. The molecule has 1 aromatic heterocycles. The van der Waals surface area contributed by atoms with E-state index in [-0.39, 0.29) is 18.0 Å². The number of ether oxygens (including phenoxy) is 1. The Labute approximate surface area is 159 Å². The van der Waals surface area contributed by atoms with Crippen LogP contribution in [0.3, 0.4) is 0 Å². The molecule has 0 bridgehead atoms. The lowest BCUT2D eigenvalue weighted by Gasteiger charge is -2.18. The standard InChI is InChI=1S/C20H16FN3O4/c1-2-28-20(25)18-16-10-4-12-3-7-15(24(26)27)11-17(12)19(16)23(22-18)14-8-5-13(21)6-9-14/h3,5-9,11H,2,4,10H2,1H3. The van der Waals surface area contributed by atoms with Crippen molar-refractivity contribution in [2.75, 3.05) is 6.61 Å². The molecule has 142 valence electrons. The maximum absolute atomic E-state index is 13.4. The molecule has 0 aliphatic heterocycles. The molecular weight excluding hydrogens is 365 g/mol. The second-order valence-electron chi connectivity index (χ2n) is 6.38. The summed E-state index contributed by atoms with van der Waals surface area (Å²) < 4.78 is 20.0. The smallest absolute Gasteiger partial charge is 0.359 e. The molecule has 1 aliphatic rings. The van der Waals surface area contributed by atoms with Crippen molar-refractivity contribution in [1.29, 1.82) is 0 Å². The first-order valence-corrected chi connectivity index (χ1v) is 8.82. The second-order valence-corrected chi connectivity index (χ2v) is 6.38. The average Bonchev–Trinajstić information content (AvgIpc) is 3.08. The number of rotatable bonds is 4. The lowest BCUT2D eigenvalue weighted by atomic mass is 9.88. The van der Waals surface area contributed by atoms with Crippen molar-refractivity contribution in [1.82, 2.24) is 9.78 Å². The van der Waals surface area contributed by atoms with Gasteiger partial charge in [-0.05, 0) is 49.6 Å². The molecule has 7 nitrogen and oxygen atoms in total. The van der Waals surface area contributed by atoms with Crippen molar-refractivity contribution in [3.63, 3.8) is 0 Å². The summed E-state index contributed by atoms with van der Waals surface area (Å²) in [4.78, 5) is 23.2. The zero-order valence-corrected chi connectivity index (χ0v) is 15.0. The molecule has 0 amide bonds. The molecule has 0 radical (unpaired) electrons. The summed E-state index contributed by atoms with van der Waals surface area (Å²) in [5, 5.41) is 15.7. The Morgan fingerprint density at radius 3 is 2.68 bits per heavy atom. The Hall–Kier alpha value is -3.55. The van der Waals surface area contributed by atoms with Gasteiger partial charge < -0.3 is 4.74 Å². The molecule has 0 unspecified atom stereocenters. The van der Waals surface area contributed by atoms with Gasteiger partial charge in [-0.2, -0.15) is 5.10 Å². The normalized spacial score (nSPS) is 12.2. The fraction of sp³-hybridized carbons (Fsp3) is 0.200. The van der Waals surface area contributed by atoms with Crippen LogP contribution in [0.5, 0.6) is 0 Å². The van der Waals surface area contributed by atoms with Crippen LogP contribution in [0.2, 0.25) is 0 Å². The van der Waals surface area contributed by atoms with Crippen LogP contribution in [-0.4, -0.2) is 27.3 Å². The largest absolute Gasteiger partial charge is 0.461 e. The van der Waals surface area contributed by atoms with Crippen LogP contribution in [0, 0.1) is 15.9 Å². The van der Waals surface area contributed by atoms with Gasteiger partial charge in [0.25, 0.3) is 5.69 Å². The van der Waals surface area contributed by atoms with Crippen molar-refractivity contribution < 1.29 is 18.8 Å². The van der Waals surface area contributed by atoms with E-state index < -0.39 is 16.7 Å². The summed E-state index contributed by atoms with van der Waals surface area (Å²) >= 11 is 0. The van der Waals surface area contributed by atoms with E-state index in [9.17, 15) is 19.3 Å². The van der Waals surface area contributed by atoms with Gasteiger partial charge in [-0.25, -0.2) is 13.9 Å². The van der Waals surface area contributed by atoms with E-state index >= 15 is 0 Å². The molecule has 28 heavy (non-hydrogen) atoms. The molecule has 4 rings (SSSR count). The van der Waals surface area contributed by atoms with E-state index in [2.05, 4.69) is 5.10 Å². The molecule has 1 aliphatic carbocycles. The number of nitro groups is 1. The summed E-state index contributed by atoms with van der Waals surface area (Å²) in [7, 11) is 0. The first-order chi connectivity index (χ1) is 13.5. The Morgan fingerprint density at radius 1 is 1.25 bits per heavy atom. The number of aryl methyl sites for hydroxylation is 1. The number of hydrogen-bond acceptors (Lipinski definition) is 5. The summed E-state index contributed by atoms with van der Waals surface area (Å²) in [6, 6.07) is 10.4. The van der Waals surface area contributed by atoms with E-state index in [0.29, 0.717) is 35.3 Å². The molecule has 2 aromatic carbocycles. The molecule has 0 N–H and O–H groups in total. The van der Waals surface area contributed by atoms with E-state index in [1.54, 1.807) is 25.1 Å². The van der Waals surface area contributed by atoms with Crippen LogP contribution >= 0.6 is 0 Å². The average molecular weight is 381 g/mol. The summed E-state index contributed by atoms with van der Waals surface area (Å²) in [5.74, 6) is -0.945. The van der Waals surface area contributed by atoms with Gasteiger partial charge in [0.1, 0.15) is 5.82 Å². The first-order valence-electron chi connectivity index (χ1n) is 8.82. The highest BCUT2D eigenvalue weighted by Crippen LogP contribution is 2.38. The molecule has 0 saturated carbocycles. The van der Waals surface area contributed by atoms with Crippen molar-refractivity contribution in [3.8, 4) is 16.9 Å². The minimum atomic E-state index is -0.548. The number of esters is 1. The molecule has 8 heteroatoms. The molecule has 0 fully saturated rings. The van der Waals surface area contributed by atoms with Gasteiger partial charge in [-0.1, -0.05) is 6.07 Å². The molecule has 0 atom stereocenters. The summed E-state index contributed by atoms with van der Waals surface area (Å²) in [6.07, 6.45) is 1.18. The number of non-ortho nitro benzene ring substituents is 1. The van der Waals surface area contributed by atoms with Crippen molar-refractivity contribution in [2.24, 2.45) is 0 Å². The Kier molecular flexibility index (Phi) is 4.38. The lowest BCUT2D eigenvalue weighted by molar-refractivity contribution is -0.384. The van der Waals surface area contributed by atoms with Crippen molar-refractivity contribution >= 4 is 11.7 Å². The van der Waals surface area contributed by atoms with Gasteiger partial charge >= 0.3 is 5.97 Å². The number of benzene rings is 2. The number of nitrogens with zero attached hydrogens (tertiary/aromatic N) is 3. The minimum Gasteiger partial charge on any atom is -0.461 e. The SMILES string of the molecule is CCOC(=O)c1nn(-c2ccc(F)cc2)c2c1CCc1ccc([N+](=O)[O-])cc1-2. The molecule has 1 heterocycles. The molecular formula is C20H16FN3O4. The number of halogens is 1. The number of carbonyl (C=O) groups is 1. The highest BCUT2D eigenvalue weighted by atomic mass is 19.1. The first kappa shape index (κ1) is 17.8. The Balaban J connectivity index is 1.98. The number of hydrogen-bond donors (Lipinski definition) is 0. The predicted molar refractivity (Wildman–Crippen MR) is 99.0 cm³/mol. The maximum Gasteiger partial charge on any atom is 0.359 e. The van der Waals surface area contributed by atoms with Gasteiger partial charge in [-0.3, -0.25) is 10.1 Å². The van der Waals surface area contributed by atoms with Crippen LogP contribution in [-0.2, 0) is 17.6 Å². The van der Waals surface area contributed by atoms with Gasteiger partial charge in [0.05, 0.1) is 22.9 Å². The zero-order chi connectivity index (χ0) is 19.8. The van der Waals surface area contributed by atoms with Crippen LogP contribution in [0.1, 0.15) is 28.5 Å². The number of nitro benzene ring substituents is 1. The van der Waals surface area contributed by atoms with Crippen molar-refractivity contribution in [3.05, 3.63) is 75.2 Å². The minimum absolute atomic E-state index is 0.0452. The topological polar surface area (TPSA) is 87.3 Å². The number of carbonyl (C=O) groups excluding carboxylic acids is 1. The van der Waals surface area contributed by atoms with Crippen LogP contribution in [0.25, 0.3) is 16.9 Å². The third-order valence-corrected chi connectivity index (χ3v) is 4.73. The van der Waals surface area contributed by atoms with Gasteiger partial charge in [-0.15, -0.1) is 0 Å². The highest BCUT2D eigenvalue weighted by molar-refractivity contribution is 5.92. The van der Waals surface area contributed by atoms with E-state index in [4.69, 9.17) is 4.74 Å². The van der Waals surface area contributed by atoms with Crippen LogP contribution in [0.4, 0.5) is 10.1 Å². The molecule has 3 aromatic rings. The Morgan fingerprint density at radius 2 is 2.00 bits per heavy atom. The van der Waals surface area contributed by atoms with Gasteiger partial charge in [0.2, 0.25) is 0 Å². The van der Waals surface area contributed by atoms with Gasteiger partial charge in [0.15, 0.2) is 5.69 Å². The van der Waals surface area contributed by atoms with Crippen LogP contribution in [0.15, 0.2) is 42.5 Å². The van der Waals surface area contributed by atoms with E-state index in [0.717, 1.165) is 5.56 Å². The van der Waals surface area contributed by atoms with Gasteiger partial charge in [0, 0.05) is 23.3 Å². The quantitative estimate of drug-likeness (QED) is 0.389. The third-order valence-electron chi connectivity index (χ3n) is 4.73.